The van der Waals surface area contributed by atoms with Crippen molar-refractivity contribution in [3.8, 4) is 11.5 Å². The number of carbonyl (C=O) groups excluding carboxylic acids is 2. The molecule has 2 aromatic rings. The van der Waals surface area contributed by atoms with Gasteiger partial charge in [-0.05, 0) is 31.0 Å². The number of fused-ring (bicyclic) bond motifs is 1. The van der Waals surface area contributed by atoms with Gasteiger partial charge in [0.2, 0.25) is 5.91 Å². The molecule has 0 saturated heterocycles. The van der Waals surface area contributed by atoms with Crippen LogP contribution in [0.15, 0.2) is 42.6 Å². The highest BCUT2D eigenvalue weighted by Gasteiger charge is 2.38. The number of hydrogen-bond acceptors (Lipinski definition) is 5. The number of para-hydroxylation sites is 1. The van der Waals surface area contributed by atoms with E-state index < -0.39 is 6.04 Å². The summed E-state index contributed by atoms with van der Waals surface area (Å²) in [4.78, 5) is 32.3. The monoisotopic (exact) mass is 395 g/mol. The van der Waals surface area contributed by atoms with E-state index in [1.165, 1.54) is 0 Å². The topological polar surface area (TPSA) is 80.8 Å². The fraction of sp³-hybridized carbons (Fsp3) is 0.409. The van der Waals surface area contributed by atoms with E-state index >= 15 is 0 Å². The predicted molar refractivity (Wildman–Crippen MR) is 106 cm³/mol. The van der Waals surface area contributed by atoms with E-state index in [0.29, 0.717) is 22.8 Å². The van der Waals surface area contributed by atoms with Crippen LogP contribution in [0, 0.1) is 0 Å². The number of aromatic nitrogens is 1. The first-order chi connectivity index (χ1) is 14.2. The molecule has 7 nitrogen and oxygen atoms in total. The molecule has 29 heavy (non-hydrogen) atoms. The number of methoxy groups -OCH3 is 1. The summed E-state index contributed by atoms with van der Waals surface area (Å²) in [6.07, 6.45) is 5.83. The molecule has 2 amide bonds. The zero-order valence-electron chi connectivity index (χ0n) is 16.5. The van der Waals surface area contributed by atoms with E-state index in [2.05, 4.69) is 10.3 Å². The molecule has 0 spiro atoms. The van der Waals surface area contributed by atoms with Crippen LogP contribution >= 0.6 is 0 Å². The Morgan fingerprint density at radius 1 is 1.24 bits per heavy atom. The summed E-state index contributed by atoms with van der Waals surface area (Å²) in [7, 11) is 1.55. The molecule has 2 aliphatic rings. The Morgan fingerprint density at radius 2 is 2.07 bits per heavy atom. The van der Waals surface area contributed by atoms with Gasteiger partial charge in [-0.3, -0.25) is 14.6 Å². The highest BCUT2D eigenvalue weighted by molar-refractivity contribution is 5.91. The SMILES string of the molecule is COc1cccc2c1OCC(=O)N(Cc1ccccn1)C2C(=O)NC1CCCC1. The Kier molecular flexibility index (Phi) is 5.64. The maximum atomic E-state index is 13.4. The van der Waals surface area contributed by atoms with Gasteiger partial charge in [0.1, 0.15) is 6.04 Å². The number of pyridine rings is 1. The summed E-state index contributed by atoms with van der Waals surface area (Å²) in [6.45, 7) is 0.0653. The van der Waals surface area contributed by atoms with Gasteiger partial charge in [0, 0.05) is 17.8 Å². The fourth-order valence-corrected chi connectivity index (χ4v) is 4.07. The van der Waals surface area contributed by atoms with E-state index in [0.717, 1.165) is 25.7 Å². The summed E-state index contributed by atoms with van der Waals surface area (Å²) >= 11 is 0. The van der Waals surface area contributed by atoms with Crippen LogP contribution in [0.25, 0.3) is 0 Å². The summed E-state index contributed by atoms with van der Waals surface area (Å²) in [5, 5.41) is 3.14. The molecular formula is C22H25N3O4. The summed E-state index contributed by atoms with van der Waals surface area (Å²) in [5.74, 6) is 0.494. The van der Waals surface area contributed by atoms with Crippen LogP contribution in [-0.4, -0.2) is 41.5 Å². The van der Waals surface area contributed by atoms with Crippen molar-refractivity contribution in [3.63, 3.8) is 0 Å². The molecule has 2 heterocycles. The molecule has 1 atom stereocenters. The lowest BCUT2D eigenvalue weighted by Crippen LogP contribution is -2.46. The van der Waals surface area contributed by atoms with Crippen molar-refractivity contribution < 1.29 is 19.1 Å². The van der Waals surface area contributed by atoms with Crippen molar-refractivity contribution in [2.24, 2.45) is 0 Å². The van der Waals surface area contributed by atoms with Crippen LogP contribution in [0.1, 0.15) is 43.0 Å². The van der Waals surface area contributed by atoms with Gasteiger partial charge in [0.25, 0.3) is 5.91 Å². The van der Waals surface area contributed by atoms with Gasteiger partial charge in [-0.1, -0.05) is 31.0 Å². The number of benzene rings is 1. The smallest absolute Gasteiger partial charge is 0.261 e. The molecule has 0 radical (unpaired) electrons. The van der Waals surface area contributed by atoms with E-state index in [-0.39, 0.29) is 31.0 Å². The lowest BCUT2D eigenvalue weighted by Gasteiger charge is -2.30. The quantitative estimate of drug-likeness (QED) is 0.842. The van der Waals surface area contributed by atoms with Crippen molar-refractivity contribution in [1.82, 2.24) is 15.2 Å². The van der Waals surface area contributed by atoms with E-state index in [1.807, 2.05) is 30.3 Å². The minimum atomic E-state index is -0.808. The maximum absolute atomic E-state index is 13.4. The number of nitrogens with zero attached hydrogens (tertiary/aromatic N) is 2. The minimum absolute atomic E-state index is 0.146. The predicted octanol–water partition coefficient (Wildman–Crippen LogP) is 2.61. The number of nitrogens with one attached hydrogen (secondary N) is 1. The van der Waals surface area contributed by atoms with Crippen LogP contribution in [0.2, 0.25) is 0 Å². The van der Waals surface area contributed by atoms with E-state index in [1.54, 1.807) is 24.3 Å². The molecule has 1 aromatic heterocycles. The molecule has 1 saturated carbocycles. The molecule has 1 aromatic carbocycles. The van der Waals surface area contributed by atoms with Crippen molar-refractivity contribution in [3.05, 3.63) is 53.9 Å². The van der Waals surface area contributed by atoms with Crippen LogP contribution < -0.4 is 14.8 Å². The highest BCUT2D eigenvalue weighted by Crippen LogP contribution is 2.40. The summed E-state index contributed by atoms with van der Waals surface area (Å²) < 4.78 is 11.2. The van der Waals surface area contributed by atoms with Gasteiger partial charge in [0.15, 0.2) is 18.1 Å². The first-order valence-electron chi connectivity index (χ1n) is 9.97. The number of carbonyl (C=O) groups is 2. The highest BCUT2D eigenvalue weighted by atomic mass is 16.5. The summed E-state index contributed by atoms with van der Waals surface area (Å²) in [5.41, 5.74) is 1.34. The number of ether oxygens (including phenoxy) is 2. The third-order valence-corrected chi connectivity index (χ3v) is 5.50. The van der Waals surface area contributed by atoms with Crippen LogP contribution in [0.3, 0.4) is 0 Å². The second-order valence-electron chi connectivity index (χ2n) is 7.40. The molecule has 0 bridgehead atoms. The van der Waals surface area contributed by atoms with Gasteiger partial charge in [-0.25, -0.2) is 0 Å². The van der Waals surface area contributed by atoms with Gasteiger partial charge < -0.3 is 19.7 Å². The minimum Gasteiger partial charge on any atom is -0.493 e. The number of hydrogen-bond donors (Lipinski definition) is 1. The van der Waals surface area contributed by atoms with Crippen molar-refractivity contribution in [2.75, 3.05) is 13.7 Å². The first kappa shape index (κ1) is 19.2. The Labute approximate surface area is 170 Å². The zero-order chi connectivity index (χ0) is 20.2. The first-order valence-corrected chi connectivity index (χ1v) is 9.97. The Balaban J connectivity index is 1.73. The van der Waals surface area contributed by atoms with Crippen molar-refractivity contribution in [2.45, 2.75) is 44.3 Å². The Morgan fingerprint density at radius 3 is 2.79 bits per heavy atom. The number of amides is 2. The van der Waals surface area contributed by atoms with Crippen LogP contribution in [0.5, 0.6) is 11.5 Å². The average molecular weight is 395 g/mol. The lowest BCUT2D eigenvalue weighted by atomic mass is 10.0. The van der Waals surface area contributed by atoms with E-state index in [9.17, 15) is 9.59 Å². The van der Waals surface area contributed by atoms with Crippen molar-refractivity contribution in [1.29, 1.82) is 0 Å². The molecule has 4 rings (SSSR count). The van der Waals surface area contributed by atoms with E-state index in [4.69, 9.17) is 9.47 Å². The second kappa shape index (κ2) is 8.51. The molecule has 1 unspecified atom stereocenters. The average Bonchev–Trinajstić information content (AvgIpc) is 3.20. The fourth-order valence-electron chi connectivity index (χ4n) is 4.07. The van der Waals surface area contributed by atoms with Crippen LogP contribution in [-0.2, 0) is 16.1 Å². The van der Waals surface area contributed by atoms with Gasteiger partial charge >= 0.3 is 0 Å². The van der Waals surface area contributed by atoms with Gasteiger partial charge in [-0.2, -0.15) is 0 Å². The Hall–Kier alpha value is -3.09. The summed E-state index contributed by atoms with van der Waals surface area (Å²) in [6, 6.07) is 10.3. The standard InChI is InChI=1S/C22H25N3O4/c1-28-18-11-6-10-17-20(22(27)24-15-7-2-3-8-15)25(19(26)14-29-21(17)18)13-16-9-4-5-12-23-16/h4-6,9-12,15,20H,2-3,7-8,13-14H2,1H3,(H,24,27). The third kappa shape index (κ3) is 4.04. The molecule has 7 heteroatoms. The molecule has 1 fully saturated rings. The normalized spacial score (nSPS) is 19.3. The van der Waals surface area contributed by atoms with Crippen molar-refractivity contribution >= 4 is 11.8 Å². The molecular weight excluding hydrogens is 370 g/mol. The maximum Gasteiger partial charge on any atom is 0.261 e. The number of rotatable bonds is 5. The van der Waals surface area contributed by atoms with Crippen LogP contribution in [0.4, 0.5) is 0 Å². The Bertz CT molecular complexity index is 881. The molecule has 1 N–H and O–H groups in total. The molecule has 1 aliphatic carbocycles. The lowest BCUT2D eigenvalue weighted by molar-refractivity contribution is -0.142. The van der Waals surface area contributed by atoms with Gasteiger partial charge in [-0.15, -0.1) is 0 Å². The molecule has 152 valence electrons. The third-order valence-electron chi connectivity index (χ3n) is 5.50. The van der Waals surface area contributed by atoms with Gasteiger partial charge in [0.05, 0.1) is 19.3 Å². The zero-order valence-corrected chi connectivity index (χ0v) is 16.5. The largest absolute Gasteiger partial charge is 0.493 e. The second-order valence-corrected chi connectivity index (χ2v) is 7.40. The molecule has 1 aliphatic heterocycles.